The molecule has 1 atom stereocenters. The molecule has 0 bridgehead atoms. The lowest BCUT2D eigenvalue weighted by Crippen LogP contribution is -2.37. The number of aliphatic imine (C=N–C) groups is 1. The van der Waals surface area contributed by atoms with Gasteiger partial charge in [0, 0.05) is 12.4 Å². The number of nitrogens with zero attached hydrogens (tertiary/aromatic N) is 2. The molecule has 0 fully saturated rings. The summed E-state index contributed by atoms with van der Waals surface area (Å²) in [6, 6.07) is 0. The zero-order chi connectivity index (χ0) is 6.69. The van der Waals surface area contributed by atoms with Crippen LogP contribution in [-0.4, -0.2) is 23.8 Å². The Morgan fingerprint density at radius 1 is 1.78 bits per heavy atom. The summed E-state index contributed by atoms with van der Waals surface area (Å²) < 4.78 is 0. The number of hydrogen-bond acceptors (Lipinski definition) is 3. The van der Waals surface area contributed by atoms with Crippen molar-refractivity contribution in [3.8, 4) is 0 Å². The number of carbonyl (C=O) groups is 1. The maximum Gasteiger partial charge on any atom is 0.216 e. The molecule has 0 aliphatic carbocycles. The Bertz CT molecular complexity index is 164. The Morgan fingerprint density at radius 2 is 2.56 bits per heavy atom. The minimum Gasteiger partial charge on any atom is -0.292 e. The molecule has 0 radical (unpaired) electrons. The zero-order valence-corrected chi connectivity index (χ0v) is 4.77. The number of allylic oxidation sites excluding steroid dienone is 1. The van der Waals surface area contributed by atoms with E-state index in [-0.39, 0.29) is 0 Å². The average molecular weight is 125 g/mol. The van der Waals surface area contributed by atoms with Gasteiger partial charge in [-0.15, -0.1) is 0 Å². The molecule has 4 heteroatoms. The summed E-state index contributed by atoms with van der Waals surface area (Å²) in [6.07, 6.45) is 4.89. The summed E-state index contributed by atoms with van der Waals surface area (Å²) in [6.45, 7) is 0. The van der Waals surface area contributed by atoms with Gasteiger partial charge in [-0.05, 0) is 6.08 Å². The minimum absolute atomic E-state index is 0.535. The van der Waals surface area contributed by atoms with Crippen LogP contribution in [0, 0.1) is 0 Å². The van der Waals surface area contributed by atoms with E-state index in [2.05, 4.69) is 4.99 Å². The maximum atomic E-state index is 10.1. The van der Waals surface area contributed by atoms with Gasteiger partial charge in [-0.2, -0.15) is 0 Å². The van der Waals surface area contributed by atoms with Crippen LogP contribution in [-0.2, 0) is 4.79 Å². The lowest BCUT2D eigenvalue weighted by atomic mass is 10.5. The van der Waals surface area contributed by atoms with E-state index in [1.54, 1.807) is 18.5 Å². The van der Waals surface area contributed by atoms with Crippen LogP contribution in [0.4, 0.5) is 0 Å². The summed E-state index contributed by atoms with van der Waals surface area (Å²) in [5.74, 6) is 0. The second kappa shape index (κ2) is 2.41. The number of carbonyl (C=O) groups excluding carboxylic acids is 1. The van der Waals surface area contributed by atoms with E-state index >= 15 is 0 Å². The van der Waals surface area contributed by atoms with Crippen LogP contribution in [0.15, 0.2) is 17.3 Å². The highest BCUT2D eigenvalue weighted by atomic mass is 16.1. The van der Waals surface area contributed by atoms with Crippen LogP contribution in [0.1, 0.15) is 0 Å². The van der Waals surface area contributed by atoms with Crippen LogP contribution >= 0.6 is 0 Å². The molecule has 0 aromatic heterocycles. The molecular formula is C5H7N3O. The molecule has 1 heterocycles. The number of rotatable bonds is 1. The number of hydrogen-bond donors (Lipinski definition) is 1. The van der Waals surface area contributed by atoms with Crippen molar-refractivity contribution in [2.75, 3.05) is 0 Å². The smallest absolute Gasteiger partial charge is 0.216 e. The molecule has 4 nitrogen and oxygen atoms in total. The minimum atomic E-state index is -0.535. The van der Waals surface area contributed by atoms with E-state index < -0.39 is 6.29 Å². The van der Waals surface area contributed by atoms with Gasteiger partial charge in [-0.3, -0.25) is 20.4 Å². The molecule has 2 N–H and O–H groups in total. The molecule has 1 aliphatic heterocycles. The SMILES string of the molecule is NC1N=CC=CN1C=O. The van der Waals surface area contributed by atoms with Crippen molar-refractivity contribution >= 4 is 12.6 Å². The molecular weight excluding hydrogens is 118 g/mol. The average Bonchev–Trinajstić information content (AvgIpc) is 1.89. The van der Waals surface area contributed by atoms with Crippen molar-refractivity contribution in [1.82, 2.24) is 4.90 Å². The van der Waals surface area contributed by atoms with Crippen LogP contribution < -0.4 is 5.73 Å². The molecule has 0 saturated carbocycles. The highest BCUT2D eigenvalue weighted by Gasteiger charge is 2.06. The van der Waals surface area contributed by atoms with Crippen LogP contribution in [0.5, 0.6) is 0 Å². The Balaban J connectivity index is 2.65. The fourth-order valence-corrected chi connectivity index (χ4v) is 0.538. The lowest BCUT2D eigenvalue weighted by Gasteiger charge is -2.18. The van der Waals surface area contributed by atoms with Gasteiger partial charge in [0.2, 0.25) is 6.41 Å². The van der Waals surface area contributed by atoms with Crippen molar-refractivity contribution in [3.05, 3.63) is 12.3 Å². The van der Waals surface area contributed by atoms with E-state index in [1.165, 1.54) is 4.90 Å². The standard InChI is InChI=1S/C5H7N3O/c6-5-7-2-1-3-8(5)4-9/h1-5H,6H2. The largest absolute Gasteiger partial charge is 0.292 e. The van der Waals surface area contributed by atoms with Crippen molar-refractivity contribution in [2.24, 2.45) is 10.7 Å². The molecule has 0 saturated heterocycles. The Labute approximate surface area is 52.7 Å². The van der Waals surface area contributed by atoms with Crippen molar-refractivity contribution in [2.45, 2.75) is 6.29 Å². The lowest BCUT2D eigenvalue weighted by molar-refractivity contribution is -0.117. The Morgan fingerprint density at radius 3 is 3.00 bits per heavy atom. The second-order valence-corrected chi connectivity index (χ2v) is 1.61. The van der Waals surface area contributed by atoms with Crippen LogP contribution in [0.3, 0.4) is 0 Å². The first-order valence-corrected chi connectivity index (χ1v) is 2.53. The summed E-state index contributed by atoms with van der Waals surface area (Å²) in [5.41, 5.74) is 5.34. The van der Waals surface area contributed by atoms with Gasteiger partial charge in [-0.25, -0.2) is 0 Å². The third-order valence-electron chi connectivity index (χ3n) is 1.01. The van der Waals surface area contributed by atoms with Gasteiger partial charge in [-0.1, -0.05) is 0 Å². The molecule has 0 aromatic carbocycles. The monoisotopic (exact) mass is 125 g/mol. The predicted octanol–water partition coefficient (Wildman–Crippen LogP) is -0.715. The number of amides is 1. The van der Waals surface area contributed by atoms with E-state index in [1.807, 2.05) is 0 Å². The normalized spacial score (nSPS) is 24.6. The van der Waals surface area contributed by atoms with Gasteiger partial charge in [0.15, 0.2) is 6.29 Å². The van der Waals surface area contributed by atoms with E-state index in [0.29, 0.717) is 6.41 Å². The third kappa shape index (κ3) is 1.14. The van der Waals surface area contributed by atoms with Gasteiger partial charge in [0.05, 0.1) is 0 Å². The third-order valence-corrected chi connectivity index (χ3v) is 1.01. The second-order valence-electron chi connectivity index (χ2n) is 1.61. The van der Waals surface area contributed by atoms with Gasteiger partial charge < -0.3 is 0 Å². The highest BCUT2D eigenvalue weighted by molar-refractivity contribution is 5.73. The van der Waals surface area contributed by atoms with Crippen molar-refractivity contribution < 1.29 is 4.79 Å². The topological polar surface area (TPSA) is 58.7 Å². The zero-order valence-electron chi connectivity index (χ0n) is 4.77. The molecule has 0 spiro atoms. The molecule has 1 unspecified atom stereocenters. The van der Waals surface area contributed by atoms with Crippen molar-refractivity contribution in [1.29, 1.82) is 0 Å². The summed E-state index contributed by atoms with van der Waals surface area (Å²) in [4.78, 5) is 15.1. The van der Waals surface area contributed by atoms with E-state index in [4.69, 9.17) is 5.73 Å². The quantitative estimate of drug-likeness (QED) is 0.470. The van der Waals surface area contributed by atoms with E-state index in [9.17, 15) is 4.79 Å². The molecule has 1 aliphatic rings. The van der Waals surface area contributed by atoms with E-state index in [0.717, 1.165) is 0 Å². The van der Waals surface area contributed by atoms with Gasteiger partial charge in [0.25, 0.3) is 0 Å². The first-order chi connectivity index (χ1) is 4.34. The predicted molar refractivity (Wildman–Crippen MR) is 33.5 cm³/mol. The van der Waals surface area contributed by atoms with Crippen LogP contribution in [0.25, 0.3) is 0 Å². The summed E-state index contributed by atoms with van der Waals surface area (Å²) in [7, 11) is 0. The summed E-state index contributed by atoms with van der Waals surface area (Å²) >= 11 is 0. The fraction of sp³-hybridized carbons (Fsp3) is 0.200. The molecule has 9 heavy (non-hydrogen) atoms. The van der Waals surface area contributed by atoms with Crippen LogP contribution in [0.2, 0.25) is 0 Å². The van der Waals surface area contributed by atoms with Gasteiger partial charge >= 0.3 is 0 Å². The molecule has 1 amide bonds. The first-order valence-electron chi connectivity index (χ1n) is 2.53. The first kappa shape index (κ1) is 5.97. The highest BCUT2D eigenvalue weighted by Crippen LogP contribution is 1.95. The maximum absolute atomic E-state index is 10.1. The van der Waals surface area contributed by atoms with Gasteiger partial charge in [0.1, 0.15) is 0 Å². The summed E-state index contributed by atoms with van der Waals surface area (Å²) in [5, 5.41) is 0. The molecule has 1 rings (SSSR count). The molecule has 48 valence electrons. The fourth-order valence-electron chi connectivity index (χ4n) is 0.538. The van der Waals surface area contributed by atoms with Crippen molar-refractivity contribution in [3.63, 3.8) is 0 Å². The Kier molecular flexibility index (Phi) is 1.60. The molecule has 0 aromatic rings. The Hall–Kier alpha value is -1.16. The number of nitrogens with two attached hydrogens (primary N) is 1.